The number of aliphatic hydroxyl groups excluding tert-OH is 2. The molecule has 1 saturated heterocycles. The fraction of sp³-hybridized carbons (Fsp3) is 0.308. The van der Waals surface area contributed by atoms with E-state index in [4.69, 9.17) is 4.74 Å². The first-order chi connectivity index (χ1) is 15.2. The van der Waals surface area contributed by atoms with Gasteiger partial charge >= 0.3 is 0 Å². The summed E-state index contributed by atoms with van der Waals surface area (Å²) in [5.74, 6) is 2.21. The van der Waals surface area contributed by atoms with Crippen molar-refractivity contribution in [1.29, 1.82) is 0 Å². The molecule has 0 aliphatic carbocycles. The average Bonchev–Trinajstić information content (AvgIpc) is 3.34. The van der Waals surface area contributed by atoms with Gasteiger partial charge in [-0.1, -0.05) is 91.0 Å². The molecular formula is C26H28O3S2. The minimum atomic E-state index is -0.961. The molecular weight excluding hydrogens is 424 g/mol. The monoisotopic (exact) mass is 452 g/mol. The summed E-state index contributed by atoms with van der Waals surface area (Å²) in [7, 11) is 0. The van der Waals surface area contributed by atoms with E-state index in [0.717, 1.165) is 28.2 Å². The van der Waals surface area contributed by atoms with Crippen LogP contribution < -0.4 is 0 Å². The molecule has 0 aromatic heterocycles. The van der Waals surface area contributed by atoms with Gasteiger partial charge in [0, 0.05) is 11.5 Å². The van der Waals surface area contributed by atoms with E-state index in [9.17, 15) is 10.2 Å². The number of ether oxygens (including phenoxy) is 1. The molecule has 3 aromatic carbocycles. The van der Waals surface area contributed by atoms with Crippen LogP contribution in [0.25, 0.3) is 0 Å². The highest BCUT2D eigenvalue weighted by Crippen LogP contribution is 2.41. The Kier molecular flexibility index (Phi) is 7.75. The maximum atomic E-state index is 10.8. The summed E-state index contributed by atoms with van der Waals surface area (Å²) < 4.78 is 6.95. The zero-order chi connectivity index (χ0) is 21.5. The maximum Gasteiger partial charge on any atom is 0.143 e. The average molecular weight is 453 g/mol. The lowest BCUT2D eigenvalue weighted by atomic mass is 9.80. The van der Waals surface area contributed by atoms with Crippen LogP contribution in [-0.4, -0.2) is 45.1 Å². The van der Waals surface area contributed by atoms with Gasteiger partial charge in [-0.05, 0) is 23.1 Å². The molecule has 4 rings (SSSR count). The summed E-state index contributed by atoms with van der Waals surface area (Å²) in [6, 6.07) is 30.3. The Hall–Kier alpha value is -1.76. The maximum absolute atomic E-state index is 10.8. The summed E-state index contributed by atoms with van der Waals surface area (Å²) >= 11 is 3.71. The van der Waals surface area contributed by atoms with Crippen molar-refractivity contribution in [3.63, 3.8) is 0 Å². The molecule has 1 fully saturated rings. The van der Waals surface area contributed by atoms with Crippen molar-refractivity contribution in [2.24, 2.45) is 0 Å². The van der Waals surface area contributed by atoms with Crippen molar-refractivity contribution in [3.05, 3.63) is 108 Å². The van der Waals surface area contributed by atoms with Gasteiger partial charge < -0.3 is 14.9 Å². The zero-order valence-corrected chi connectivity index (χ0v) is 19.0. The van der Waals surface area contributed by atoms with Crippen LogP contribution in [0.3, 0.4) is 0 Å². The van der Waals surface area contributed by atoms with Crippen molar-refractivity contribution in [3.8, 4) is 0 Å². The smallest absolute Gasteiger partial charge is 0.143 e. The third-order valence-electron chi connectivity index (χ3n) is 5.58. The van der Waals surface area contributed by atoms with Crippen LogP contribution in [0.15, 0.2) is 91.0 Å². The van der Waals surface area contributed by atoms with Gasteiger partial charge in [0.2, 0.25) is 0 Å². The van der Waals surface area contributed by atoms with E-state index in [-0.39, 0.29) is 6.61 Å². The highest BCUT2D eigenvalue weighted by molar-refractivity contribution is 8.20. The fourth-order valence-electron chi connectivity index (χ4n) is 3.99. The Morgan fingerprint density at radius 3 is 1.55 bits per heavy atom. The van der Waals surface area contributed by atoms with Crippen molar-refractivity contribution in [1.82, 2.24) is 0 Å². The first kappa shape index (κ1) is 22.4. The Morgan fingerprint density at radius 1 is 0.710 bits per heavy atom. The van der Waals surface area contributed by atoms with Gasteiger partial charge in [-0.2, -0.15) is 0 Å². The van der Waals surface area contributed by atoms with Crippen molar-refractivity contribution >= 4 is 23.5 Å². The third-order valence-corrected chi connectivity index (χ3v) is 8.66. The van der Waals surface area contributed by atoms with Crippen LogP contribution in [0.2, 0.25) is 0 Å². The van der Waals surface area contributed by atoms with E-state index in [1.54, 1.807) is 0 Å². The number of aliphatic hydroxyl groups is 2. The normalized spacial score (nSPS) is 16.8. The van der Waals surface area contributed by atoms with Gasteiger partial charge in [-0.3, -0.25) is 0 Å². The molecule has 3 nitrogen and oxygen atoms in total. The van der Waals surface area contributed by atoms with Gasteiger partial charge in [0.05, 0.1) is 17.3 Å². The third kappa shape index (κ3) is 5.18. The quantitative estimate of drug-likeness (QED) is 0.452. The van der Waals surface area contributed by atoms with E-state index >= 15 is 0 Å². The van der Waals surface area contributed by atoms with E-state index in [2.05, 4.69) is 36.4 Å². The first-order valence-corrected chi connectivity index (χ1v) is 12.7. The SMILES string of the molecule is O[C@@H](COC(c1ccccc1)(c1ccccc1)c1ccccc1)[C@@H](O)CC1SCCS1. The second-order valence-electron chi connectivity index (χ2n) is 7.63. The molecule has 162 valence electrons. The van der Waals surface area contributed by atoms with Crippen LogP contribution >= 0.6 is 23.5 Å². The molecule has 3 aromatic rings. The molecule has 1 heterocycles. The largest absolute Gasteiger partial charge is 0.390 e. The lowest BCUT2D eigenvalue weighted by Gasteiger charge is -2.37. The molecule has 0 unspecified atom stereocenters. The van der Waals surface area contributed by atoms with Crippen LogP contribution in [-0.2, 0) is 10.3 Å². The fourth-order valence-corrected chi connectivity index (χ4v) is 6.91. The highest BCUT2D eigenvalue weighted by atomic mass is 32.2. The Labute approximate surface area is 192 Å². The van der Waals surface area contributed by atoms with Crippen LogP contribution in [0.1, 0.15) is 23.1 Å². The highest BCUT2D eigenvalue weighted by Gasteiger charge is 2.38. The summed E-state index contributed by atoms with van der Waals surface area (Å²) in [5.41, 5.74) is 2.06. The molecule has 0 amide bonds. The number of hydrogen-bond acceptors (Lipinski definition) is 5. The van der Waals surface area contributed by atoms with Crippen molar-refractivity contribution < 1.29 is 14.9 Å². The van der Waals surface area contributed by atoms with Crippen LogP contribution in [0, 0.1) is 0 Å². The molecule has 1 aliphatic rings. The Balaban J connectivity index is 1.67. The topological polar surface area (TPSA) is 49.7 Å². The molecule has 0 radical (unpaired) electrons. The summed E-state index contributed by atoms with van der Waals surface area (Å²) in [6.45, 7) is 0.0297. The molecule has 0 bridgehead atoms. The molecule has 1 aliphatic heterocycles. The van der Waals surface area contributed by atoms with E-state index in [1.165, 1.54) is 0 Å². The summed E-state index contributed by atoms with van der Waals surface area (Å²) in [6.07, 6.45) is -1.21. The summed E-state index contributed by atoms with van der Waals surface area (Å²) in [5, 5.41) is 21.4. The minimum Gasteiger partial charge on any atom is -0.390 e. The minimum absolute atomic E-state index is 0.0297. The van der Waals surface area contributed by atoms with E-state index in [1.807, 2.05) is 78.1 Å². The molecule has 0 spiro atoms. The number of benzene rings is 3. The molecule has 5 heteroatoms. The van der Waals surface area contributed by atoms with Gasteiger partial charge in [0.1, 0.15) is 11.7 Å². The molecule has 31 heavy (non-hydrogen) atoms. The predicted molar refractivity (Wildman–Crippen MR) is 130 cm³/mol. The Morgan fingerprint density at radius 2 is 1.13 bits per heavy atom. The number of thioether (sulfide) groups is 2. The number of rotatable bonds is 9. The first-order valence-electron chi connectivity index (χ1n) is 10.6. The van der Waals surface area contributed by atoms with Crippen LogP contribution in [0.4, 0.5) is 0 Å². The lowest BCUT2D eigenvalue weighted by molar-refractivity contribution is -0.0788. The van der Waals surface area contributed by atoms with E-state index < -0.39 is 17.8 Å². The lowest BCUT2D eigenvalue weighted by Crippen LogP contribution is -2.39. The van der Waals surface area contributed by atoms with Crippen LogP contribution in [0.5, 0.6) is 0 Å². The van der Waals surface area contributed by atoms with Gasteiger partial charge in [-0.25, -0.2) is 0 Å². The van der Waals surface area contributed by atoms with Crippen molar-refractivity contribution in [2.45, 2.75) is 28.8 Å². The number of hydrogen-bond donors (Lipinski definition) is 2. The second-order valence-corrected chi connectivity index (χ2v) is 10.6. The molecule has 0 saturated carbocycles. The predicted octanol–water partition coefficient (Wildman–Crippen LogP) is 4.91. The Bertz CT molecular complexity index is 818. The van der Waals surface area contributed by atoms with E-state index in [0.29, 0.717) is 11.0 Å². The second kappa shape index (κ2) is 10.7. The van der Waals surface area contributed by atoms with Gasteiger partial charge in [0.25, 0.3) is 0 Å². The van der Waals surface area contributed by atoms with Gasteiger partial charge in [0.15, 0.2) is 0 Å². The van der Waals surface area contributed by atoms with Crippen molar-refractivity contribution in [2.75, 3.05) is 18.1 Å². The zero-order valence-electron chi connectivity index (χ0n) is 17.3. The molecule has 2 atom stereocenters. The molecule has 2 N–H and O–H groups in total. The van der Waals surface area contributed by atoms with Gasteiger partial charge in [-0.15, -0.1) is 23.5 Å². The summed E-state index contributed by atoms with van der Waals surface area (Å²) in [4.78, 5) is 0. The standard InChI is InChI=1S/C26H28O3S2/c27-23(18-25-30-16-17-31-25)24(28)19-29-26(20-10-4-1-5-11-20,21-12-6-2-7-13-21)22-14-8-3-9-15-22/h1-15,23-25,27-28H,16-19H2/t23-,24-/m0/s1.